The zero-order valence-electron chi connectivity index (χ0n) is 10.6. The zero-order valence-corrected chi connectivity index (χ0v) is 10.6. The average molecular weight is 229 g/mol. The molecule has 2 rings (SSSR count). The first-order valence-corrected chi connectivity index (χ1v) is 6.04. The summed E-state index contributed by atoms with van der Waals surface area (Å²) in [6.07, 6.45) is 2.89. The fraction of sp³-hybridized carbons (Fsp3) is 0.357. The van der Waals surface area contributed by atoms with Crippen LogP contribution in [0, 0.1) is 0 Å². The predicted octanol–water partition coefficient (Wildman–Crippen LogP) is 3.16. The van der Waals surface area contributed by atoms with Gasteiger partial charge in [-0.25, -0.2) is 0 Å². The molecule has 0 spiro atoms. The quantitative estimate of drug-likeness (QED) is 0.872. The van der Waals surface area contributed by atoms with E-state index in [0.717, 1.165) is 12.1 Å². The molecule has 1 aromatic carbocycles. The van der Waals surface area contributed by atoms with Crippen molar-refractivity contribution in [1.29, 1.82) is 0 Å². The van der Waals surface area contributed by atoms with Crippen LogP contribution in [-0.4, -0.2) is 9.78 Å². The fourth-order valence-electron chi connectivity index (χ4n) is 2.01. The number of nitrogens with zero attached hydrogens (tertiary/aromatic N) is 2. The van der Waals surface area contributed by atoms with Crippen molar-refractivity contribution in [2.45, 2.75) is 26.3 Å². The predicted molar refractivity (Wildman–Crippen MR) is 71.1 cm³/mol. The lowest BCUT2D eigenvalue weighted by atomic mass is 10.1. The second-order valence-corrected chi connectivity index (χ2v) is 4.30. The third kappa shape index (κ3) is 2.67. The largest absolute Gasteiger partial charge is 0.377 e. The average Bonchev–Trinajstić information content (AvgIpc) is 2.76. The van der Waals surface area contributed by atoms with Crippen LogP contribution in [0.25, 0.3) is 0 Å². The minimum Gasteiger partial charge on any atom is -0.377 e. The molecule has 0 fully saturated rings. The Balaban J connectivity index is 2.13. The molecule has 0 amide bonds. The van der Waals surface area contributed by atoms with Gasteiger partial charge in [0.25, 0.3) is 0 Å². The van der Waals surface area contributed by atoms with Gasteiger partial charge in [0.1, 0.15) is 0 Å². The Bertz CT molecular complexity index is 488. The highest BCUT2D eigenvalue weighted by Gasteiger charge is 2.08. The number of rotatable bonds is 4. The van der Waals surface area contributed by atoms with Crippen LogP contribution in [-0.2, 0) is 13.5 Å². The van der Waals surface area contributed by atoms with E-state index < -0.39 is 0 Å². The Labute approximate surface area is 102 Å². The van der Waals surface area contributed by atoms with Crippen LogP contribution in [0.3, 0.4) is 0 Å². The zero-order chi connectivity index (χ0) is 12.3. The van der Waals surface area contributed by atoms with Crippen LogP contribution in [0.2, 0.25) is 0 Å². The molecule has 0 aliphatic carbocycles. The summed E-state index contributed by atoms with van der Waals surface area (Å²) in [5.74, 6) is 0. The number of aromatic nitrogens is 2. The Morgan fingerprint density at radius 1 is 1.35 bits per heavy atom. The summed E-state index contributed by atoms with van der Waals surface area (Å²) < 4.78 is 1.90. The standard InChI is InChI=1S/C14H19N3/c1-4-12-6-5-7-13(10-12)16-11(2)14-8-9-15-17(14)3/h5-11,16H,4H2,1-3H3. The smallest absolute Gasteiger partial charge is 0.0653 e. The fourth-order valence-corrected chi connectivity index (χ4v) is 2.01. The minimum atomic E-state index is 0.259. The summed E-state index contributed by atoms with van der Waals surface area (Å²) in [6, 6.07) is 10.9. The highest BCUT2D eigenvalue weighted by molar-refractivity contribution is 5.47. The Hall–Kier alpha value is -1.77. The molecule has 17 heavy (non-hydrogen) atoms. The van der Waals surface area contributed by atoms with E-state index in [-0.39, 0.29) is 6.04 Å². The summed E-state index contributed by atoms with van der Waals surface area (Å²) in [5.41, 5.74) is 3.71. The van der Waals surface area contributed by atoms with Gasteiger partial charge in [0.15, 0.2) is 0 Å². The van der Waals surface area contributed by atoms with E-state index in [1.165, 1.54) is 11.3 Å². The van der Waals surface area contributed by atoms with Crippen molar-refractivity contribution in [3.05, 3.63) is 47.8 Å². The molecule has 1 atom stereocenters. The molecule has 0 bridgehead atoms. The number of hydrogen-bond donors (Lipinski definition) is 1. The molecule has 0 saturated heterocycles. The number of benzene rings is 1. The monoisotopic (exact) mass is 229 g/mol. The summed E-state index contributed by atoms with van der Waals surface area (Å²) in [5, 5.41) is 7.69. The van der Waals surface area contributed by atoms with Crippen molar-refractivity contribution < 1.29 is 0 Å². The highest BCUT2D eigenvalue weighted by Crippen LogP contribution is 2.19. The van der Waals surface area contributed by atoms with Crippen LogP contribution in [0.1, 0.15) is 31.1 Å². The first kappa shape index (κ1) is 11.7. The molecule has 1 N–H and O–H groups in total. The molecule has 0 aliphatic rings. The summed E-state index contributed by atoms with van der Waals surface area (Å²) in [7, 11) is 1.97. The van der Waals surface area contributed by atoms with Gasteiger partial charge in [-0.1, -0.05) is 19.1 Å². The van der Waals surface area contributed by atoms with Crippen molar-refractivity contribution in [2.75, 3.05) is 5.32 Å². The van der Waals surface area contributed by atoms with Gasteiger partial charge < -0.3 is 5.32 Å². The third-order valence-corrected chi connectivity index (χ3v) is 3.02. The van der Waals surface area contributed by atoms with Crippen LogP contribution in [0.4, 0.5) is 5.69 Å². The van der Waals surface area contributed by atoms with Gasteiger partial charge in [-0.3, -0.25) is 4.68 Å². The topological polar surface area (TPSA) is 29.9 Å². The Morgan fingerprint density at radius 3 is 2.82 bits per heavy atom. The lowest BCUT2D eigenvalue weighted by Gasteiger charge is -2.16. The maximum atomic E-state index is 4.19. The third-order valence-electron chi connectivity index (χ3n) is 3.02. The molecular weight excluding hydrogens is 210 g/mol. The van der Waals surface area contributed by atoms with Crippen molar-refractivity contribution in [2.24, 2.45) is 7.05 Å². The summed E-state index contributed by atoms with van der Waals surface area (Å²) in [4.78, 5) is 0. The molecule has 3 nitrogen and oxygen atoms in total. The van der Waals surface area contributed by atoms with Crippen LogP contribution < -0.4 is 5.32 Å². The molecule has 90 valence electrons. The van der Waals surface area contributed by atoms with Gasteiger partial charge in [0.2, 0.25) is 0 Å². The lowest BCUT2D eigenvalue weighted by molar-refractivity contribution is 0.675. The van der Waals surface area contributed by atoms with Crippen molar-refractivity contribution in [3.8, 4) is 0 Å². The van der Waals surface area contributed by atoms with Gasteiger partial charge in [0.05, 0.1) is 11.7 Å². The molecule has 0 saturated carbocycles. The van der Waals surface area contributed by atoms with Crippen molar-refractivity contribution in [3.63, 3.8) is 0 Å². The number of nitrogens with one attached hydrogen (secondary N) is 1. The first-order chi connectivity index (χ1) is 8.20. The summed E-state index contributed by atoms with van der Waals surface area (Å²) >= 11 is 0. The molecule has 1 unspecified atom stereocenters. The number of aryl methyl sites for hydroxylation is 2. The molecule has 3 heteroatoms. The van der Waals surface area contributed by atoms with Gasteiger partial charge in [-0.05, 0) is 37.1 Å². The molecule has 2 aromatic rings. The van der Waals surface area contributed by atoms with E-state index in [2.05, 4.69) is 48.5 Å². The van der Waals surface area contributed by atoms with Gasteiger partial charge in [0, 0.05) is 18.9 Å². The number of hydrogen-bond acceptors (Lipinski definition) is 2. The molecule has 0 aliphatic heterocycles. The molecule has 0 radical (unpaired) electrons. The van der Waals surface area contributed by atoms with Gasteiger partial charge in [-0.2, -0.15) is 5.10 Å². The van der Waals surface area contributed by atoms with Crippen molar-refractivity contribution >= 4 is 5.69 Å². The van der Waals surface area contributed by atoms with E-state index in [4.69, 9.17) is 0 Å². The SMILES string of the molecule is CCc1cccc(NC(C)c2ccnn2C)c1. The van der Waals surface area contributed by atoms with E-state index >= 15 is 0 Å². The van der Waals surface area contributed by atoms with Gasteiger partial charge >= 0.3 is 0 Å². The van der Waals surface area contributed by atoms with Crippen LogP contribution in [0.15, 0.2) is 36.5 Å². The van der Waals surface area contributed by atoms with Crippen LogP contribution >= 0.6 is 0 Å². The lowest BCUT2D eigenvalue weighted by Crippen LogP contribution is -2.11. The molecular formula is C14H19N3. The van der Waals surface area contributed by atoms with Crippen LogP contribution in [0.5, 0.6) is 0 Å². The second kappa shape index (κ2) is 5.04. The van der Waals surface area contributed by atoms with Crippen molar-refractivity contribution in [1.82, 2.24) is 9.78 Å². The second-order valence-electron chi connectivity index (χ2n) is 4.30. The van der Waals surface area contributed by atoms with E-state index in [1.54, 1.807) is 0 Å². The maximum absolute atomic E-state index is 4.19. The summed E-state index contributed by atoms with van der Waals surface area (Å²) in [6.45, 7) is 4.32. The van der Waals surface area contributed by atoms with E-state index in [0.29, 0.717) is 0 Å². The highest BCUT2D eigenvalue weighted by atomic mass is 15.3. The van der Waals surface area contributed by atoms with E-state index in [1.807, 2.05) is 24.0 Å². The van der Waals surface area contributed by atoms with E-state index in [9.17, 15) is 0 Å². The minimum absolute atomic E-state index is 0.259. The maximum Gasteiger partial charge on any atom is 0.0653 e. The molecule has 1 heterocycles. The Morgan fingerprint density at radius 2 is 2.18 bits per heavy atom. The first-order valence-electron chi connectivity index (χ1n) is 6.04. The normalized spacial score (nSPS) is 12.4. The molecule has 1 aromatic heterocycles. The number of anilines is 1. The Kier molecular flexibility index (Phi) is 3.47. The van der Waals surface area contributed by atoms with Gasteiger partial charge in [-0.15, -0.1) is 0 Å².